The quantitative estimate of drug-likeness (QED) is 0.905. The number of aromatic nitrogens is 1. The molecule has 0 amide bonds. The van der Waals surface area contributed by atoms with E-state index in [9.17, 15) is 0 Å². The van der Waals surface area contributed by atoms with Crippen LogP contribution in [0, 0.1) is 0 Å². The molecule has 4 heteroatoms. The van der Waals surface area contributed by atoms with Gasteiger partial charge in [0, 0.05) is 16.8 Å². The van der Waals surface area contributed by atoms with Gasteiger partial charge in [-0.05, 0) is 17.7 Å². The van der Waals surface area contributed by atoms with Crippen molar-refractivity contribution in [3.63, 3.8) is 0 Å². The lowest BCUT2D eigenvalue weighted by Crippen LogP contribution is -2.00. The summed E-state index contributed by atoms with van der Waals surface area (Å²) in [7, 11) is 0. The number of anilines is 1. The second-order valence-corrected chi connectivity index (χ2v) is 4.04. The molecule has 2 N–H and O–H groups in total. The van der Waals surface area contributed by atoms with Crippen molar-refractivity contribution < 1.29 is 4.74 Å². The van der Waals surface area contributed by atoms with Crippen molar-refractivity contribution >= 4 is 17.4 Å². The summed E-state index contributed by atoms with van der Waals surface area (Å²) in [6.45, 7) is 0.902. The van der Waals surface area contributed by atoms with Crippen LogP contribution in [0.2, 0.25) is 5.02 Å². The Labute approximate surface area is 105 Å². The SMILES string of the molecule is Nc1ncccc1COCc1ccccc1Cl. The first-order valence-corrected chi connectivity index (χ1v) is 5.65. The van der Waals surface area contributed by atoms with E-state index >= 15 is 0 Å². The van der Waals surface area contributed by atoms with Gasteiger partial charge in [-0.25, -0.2) is 4.98 Å². The Bertz CT molecular complexity index is 457. The summed E-state index contributed by atoms with van der Waals surface area (Å²) in [4.78, 5) is 3.99. The maximum absolute atomic E-state index is 6.02. The van der Waals surface area contributed by atoms with Crippen LogP contribution in [0.1, 0.15) is 11.1 Å². The molecule has 0 aliphatic heterocycles. The van der Waals surface area contributed by atoms with E-state index in [-0.39, 0.29) is 0 Å². The summed E-state index contributed by atoms with van der Waals surface area (Å²) in [6, 6.07) is 11.3. The van der Waals surface area contributed by atoms with E-state index in [1.165, 1.54) is 0 Å². The van der Waals surface area contributed by atoms with Gasteiger partial charge >= 0.3 is 0 Å². The summed E-state index contributed by atoms with van der Waals surface area (Å²) in [5, 5.41) is 0.714. The Morgan fingerprint density at radius 2 is 1.76 bits per heavy atom. The number of benzene rings is 1. The van der Waals surface area contributed by atoms with Crippen molar-refractivity contribution in [1.82, 2.24) is 4.98 Å². The number of nitrogen functional groups attached to an aromatic ring is 1. The predicted molar refractivity (Wildman–Crippen MR) is 68.6 cm³/mol. The molecule has 3 nitrogen and oxygen atoms in total. The number of ether oxygens (including phenoxy) is 1. The van der Waals surface area contributed by atoms with Crippen LogP contribution in [0.4, 0.5) is 5.82 Å². The standard InChI is InChI=1S/C13H13ClN2O/c14-12-6-2-1-4-10(12)8-17-9-11-5-3-7-16-13(11)15/h1-7H,8-9H2,(H2,15,16). The molecule has 0 fully saturated rings. The number of hydrogen-bond donors (Lipinski definition) is 1. The van der Waals surface area contributed by atoms with Gasteiger partial charge in [-0.2, -0.15) is 0 Å². The minimum atomic E-state index is 0.435. The maximum atomic E-state index is 6.02. The Hall–Kier alpha value is -1.58. The second-order valence-electron chi connectivity index (χ2n) is 3.63. The molecule has 0 saturated carbocycles. The fourth-order valence-electron chi connectivity index (χ4n) is 1.46. The molecule has 1 aromatic heterocycles. The molecule has 0 saturated heterocycles. The molecule has 2 aromatic rings. The van der Waals surface area contributed by atoms with Gasteiger partial charge in [0.05, 0.1) is 13.2 Å². The molecule has 0 aliphatic carbocycles. The van der Waals surface area contributed by atoms with Crippen molar-refractivity contribution in [1.29, 1.82) is 0 Å². The number of rotatable bonds is 4. The van der Waals surface area contributed by atoms with Crippen molar-refractivity contribution in [2.24, 2.45) is 0 Å². The van der Waals surface area contributed by atoms with Gasteiger partial charge in [-0.15, -0.1) is 0 Å². The highest BCUT2D eigenvalue weighted by Crippen LogP contribution is 2.17. The number of hydrogen-bond acceptors (Lipinski definition) is 3. The first kappa shape index (κ1) is 11.9. The van der Waals surface area contributed by atoms with Crippen molar-refractivity contribution in [2.45, 2.75) is 13.2 Å². The lowest BCUT2D eigenvalue weighted by Gasteiger charge is -2.07. The Morgan fingerprint density at radius 1 is 1.06 bits per heavy atom. The van der Waals surface area contributed by atoms with Crippen LogP contribution in [0.15, 0.2) is 42.6 Å². The number of halogens is 1. The van der Waals surface area contributed by atoms with Gasteiger partial charge in [-0.1, -0.05) is 35.9 Å². The molecule has 2 rings (SSSR count). The lowest BCUT2D eigenvalue weighted by molar-refractivity contribution is 0.107. The Kier molecular flexibility index (Phi) is 3.96. The van der Waals surface area contributed by atoms with Gasteiger partial charge in [0.1, 0.15) is 5.82 Å². The third kappa shape index (κ3) is 3.19. The summed E-state index contributed by atoms with van der Waals surface area (Å²) in [5.41, 5.74) is 7.57. The summed E-state index contributed by atoms with van der Waals surface area (Å²) in [6.07, 6.45) is 1.66. The molecular weight excluding hydrogens is 236 g/mol. The van der Waals surface area contributed by atoms with Crippen LogP contribution < -0.4 is 5.73 Å². The van der Waals surface area contributed by atoms with Crippen molar-refractivity contribution in [3.05, 3.63) is 58.7 Å². The third-order valence-electron chi connectivity index (χ3n) is 2.40. The van der Waals surface area contributed by atoms with Gasteiger partial charge in [0.15, 0.2) is 0 Å². The molecule has 0 spiro atoms. The minimum absolute atomic E-state index is 0.435. The molecule has 17 heavy (non-hydrogen) atoms. The van der Waals surface area contributed by atoms with Gasteiger partial charge in [-0.3, -0.25) is 0 Å². The third-order valence-corrected chi connectivity index (χ3v) is 2.77. The topological polar surface area (TPSA) is 48.1 Å². The average molecular weight is 249 g/mol. The summed E-state index contributed by atoms with van der Waals surface area (Å²) >= 11 is 6.02. The maximum Gasteiger partial charge on any atom is 0.128 e. The normalized spacial score (nSPS) is 10.4. The van der Waals surface area contributed by atoms with Gasteiger partial charge in [0.25, 0.3) is 0 Å². The molecule has 0 atom stereocenters. The zero-order chi connectivity index (χ0) is 12.1. The molecule has 1 heterocycles. The molecule has 88 valence electrons. The second kappa shape index (κ2) is 5.66. The monoisotopic (exact) mass is 248 g/mol. The number of pyridine rings is 1. The fraction of sp³-hybridized carbons (Fsp3) is 0.154. The van der Waals surface area contributed by atoms with Crippen LogP contribution in [0.5, 0.6) is 0 Å². The molecule has 0 radical (unpaired) electrons. The smallest absolute Gasteiger partial charge is 0.128 e. The van der Waals surface area contributed by atoms with E-state index in [1.807, 2.05) is 36.4 Å². The molecule has 0 unspecified atom stereocenters. The van der Waals surface area contributed by atoms with Crippen molar-refractivity contribution in [3.8, 4) is 0 Å². The largest absolute Gasteiger partial charge is 0.383 e. The van der Waals surface area contributed by atoms with Crippen LogP contribution in [0.25, 0.3) is 0 Å². The zero-order valence-corrected chi connectivity index (χ0v) is 10.0. The molecule has 0 bridgehead atoms. The predicted octanol–water partition coefficient (Wildman–Crippen LogP) is 3.03. The Morgan fingerprint density at radius 3 is 2.53 bits per heavy atom. The highest BCUT2D eigenvalue weighted by atomic mass is 35.5. The van der Waals surface area contributed by atoms with Crippen molar-refractivity contribution in [2.75, 3.05) is 5.73 Å². The summed E-state index contributed by atoms with van der Waals surface area (Å²) < 4.78 is 5.56. The summed E-state index contributed by atoms with van der Waals surface area (Å²) in [5.74, 6) is 0.506. The van der Waals surface area contributed by atoms with E-state index in [0.717, 1.165) is 11.1 Å². The lowest BCUT2D eigenvalue weighted by atomic mass is 10.2. The zero-order valence-electron chi connectivity index (χ0n) is 9.27. The van der Waals surface area contributed by atoms with Gasteiger partial charge < -0.3 is 10.5 Å². The first-order valence-electron chi connectivity index (χ1n) is 5.28. The minimum Gasteiger partial charge on any atom is -0.383 e. The van der Waals surface area contributed by atoms with Crippen LogP contribution in [-0.4, -0.2) is 4.98 Å². The molecule has 1 aromatic carbocycles. The van der Waals surface area contributed by atoms with E-state index in [2.05, 4.69) is 4.98 Å². The molecular formula is C13H13ClN2O. The molecule has 0 aliphatic rings. The van der Waals surface area contributed by atoms with Gasteiger partial charge in [0.2, 0.25) is 0 Å². The van der Waals surface area contributed by atoms with E-state index in [1.54, 1.807) is 6.20 Å². The number of nitrogens with two attached hydrogens (primary N) is 1. The highest BCUT2D eigenvalue weighted by Gasteiger charge is 2.01. The highest BCUT2D eigenvalue weighted by molar-refractivity contribution is 6.31. The Balaban J connectivity index is 1.93. The number of nitrogens with zero attached hydrogens (tertiary/aromatic N) is 1. The fourth-order valence-corrected chi connectivity index (χ4v) is 1.65. The van der Waals surface area contributed by atoms with Crippen LogP contribution in [-0.2, 0) is 18.0 Å². The van der Waals surface area contributed by atoms with E-state index < -0.39 is 0 Å². The van der Waals surface area contributed by atoms with Crippen LogP contribution in [0.3, 0.4) is 0 Å². The van der Waals surface area contributed by atoms with E-state index in [4.69, 9.17) is 22.1 Å². The average Bonchev–Trinajstić information content (AvgIpc) is 2.34. The van der Waals surface area contributed by atoms with Crippen LogP contribution >= 0.6 is 11.6 Å². The van der Waals surface area contributed by atoms with E-state index in [0.29, 0.717) is 24.1 Å². The first-order chi connectivity index (χ1) is 8.27.